The van der Waals surface area contributed by atoms with Gasteiger partial charge in [-0.25, -0.2) is 0 Å². The Bertz CT molecular complexity index is 443. The molecule has 0 spiro atoms. The van der Waals surface area contributed by atoms with E-state index in [9.17, 15) is 4.79 Å². The lowest BCUT2D eigenvalue weighted by Gasteiger charge is -2.22. The fourth-order valence-electron chi connectivity index (χ4n) is 2.04. The summed E-state index contributed by atoms with van der Waals surface area (Å²) in [6.07, 6.45) is 3.43. The van der Waals surface area contributed by atoms with Gasteiger partial charge in [-0.3, -0.25) is 4.79 Å². The van der Waals surface area contributed by atoms with Crippen LogP contribution >= 0.6 is 11.6 Å². The third-order valence-electron chi connectivity index (χ3n) is 3.20. The van der Waals surface area contributed by atoms with Crippen LogP contribution in [0.25, 0.3) is 0 Å². The number of nitrogens with two attached hydrogens (primary N) is 1. The van der Waals surface area contributed by atoms with E-state index in [4.69, 9.17) is 17.3 Å². The van der Waals surface area contributed by atoms with Gasteiger partial charge >= 0.3 is 0 Å². The van der Waals surface area contributed by atoms with Gasteiger partial charge < -0.3 is 10.6 Å². The zero-order chi connectivity index (χ0) is 13.1. The molecule has 18 heavy (non-hydrogen) atoms. The molecule has 0 atom stereocenters. The van der Waals surface area contributed by atoms with E-state index in [2.05, 4.69) is 6.92 Å². The molecule has 0 radical (unpaired) electrons. The fraction of sp³-hybridized carbons (Fsp3) is 0.500. The van der Waals surface area contributed by atoms with Crippen LogP contribution in [0, 0.1) is 5.92 Å². The van der Waals surface area contributed by atoms with Gasteiger partial charge in [-0.2, -0.15) is 0 Å². The molecule has 2 rings (SSSR count). The summed E-state index contributed by atoms with van der Waals surface area (Å²) in [5.41, 5.74) is 6.89. The zero-order valence-corrected chi connectivity index (χ0v) is 11.4. The molecule has 1 fully saturated rings. The first-order chi connectivity index (χ1) is 8.61. The molecule has 4 heteroatoms. The van der Waals surface area contributed by atoms with E-state index >= 15 is 0 Å². The molecule has 3 nitrogen and oxygen atoms in total. The van der Waals surface area contributed by atoms with Crippen LogP contribution < -0.4 is 5.73 Å². The maximum absolute atomic E-state index is 12.5. The van der Waals surface area contributed by atoms with Gasteiger partial charge in [-0.05, 0) is 43.4 Å². The maximum Gasteiger partial charge on any atom is 0.256 e. The van der Waals surface area contributed by atoms with Crippen molar-refractivity contribution in [1.82, 2.24) is 4.90 Å². The molecular formula is C14H19ClN2O. The minimum atomic E-state index is 0.00347. The van der Waals surface area contributed by atoms with E-state index in [1.54, 1.807) is 18.2 Å². The number of nitrogen functional groups attached to an aromatic ring is 1. The van der Waals surface area contributed by atoms with Gasteiger partial charge in [-0.1, -0.05) is 18.5 Å². The highest BCUT2D eigenvalue weighted by molar-refractivity contribution is 6.31. The second-order valence-corrected chi connectivity index (χ2v) is 5.36. The Morgan fingerprint density at radius 2 is 2.22 bits per heavy atom. The van der Waals surface area contributed by atoms with Gasteiger partial charge in [0.25, 0.3) is 5.91 Å². The second kappa shape index (κ2) is 5.61. The number of rotatable bonds is 5. The van der Waals surface area contributed by atoms with E-state index in [0.717, 1.165) is 19.5 Å². The molecule has 1 aromatic carbocycles. The number of hydrogen-bond donors (Lipinski definition) is 1. The van der Waals surface area contributed by atoms with Crippen LogP contribution in [0.2, 0.25) is 5.02 Å². The number of carbonyl (C=O) groups excluding carboxylic acids is 1. The lowest BCUT2D eigenvalue weighted by Crippen LogP contribution is -2.34. The summed E-state index contributed by atoms with van der Waals surface area (Å²) in [5, 5.41) is 0.551. The van der Waals surface area contributed by atoms with Gasteiger partial charge in [0.1, 0.15) is 0 Å². The number of hydrogen-bond acceptors (Lipinski definition) is 2. The van der Waals surface area contributed by atoms with E-state index in [0.29, 0.717) is 22.2 Å². The summed E-state index contributed by atoms with van der Waals surface area (Å²) >= 11 is 5.93. The van der Waals surface area contributed by atoms with Crippen molar-refractivity contribution < 1.29 is 4.79 Å². The highest BCUT2D eigenvalue weighted by Crippen LogP contribution is 2.30. The SMILES string of the molecule is CCCN(CC1CC1)C(=O)c1cc(Cl)ccc1N. The van der Waals surface area contributed by atoms with E-state index in [1.165, 1.54) is 12.8 Å². The van der Waals surface area contributed by atoms with Gasteiger partial charge in [0.05, 0.1) is 5.56 Å². The third-order valence-corrected chi connectivity index (χ3v) is 3.44. The highest BCUT2D eigenvalue weighted by Gasteiger charge is 2.27. The minimum Gasteiger partial charge on any atom is -0.398 e. The molecular weight excluding hydrogens is 248 g/mol. The van der Waals surface area contributed by atoms with Gasteiger partial charge in [-0.15, -0.1) is 0 Å². The quantitative estimate of drug-likeness (QED) is 0.832. The molecule has 1 aliphatic rings. The summed E-state index contributed by atoms with van der Waals surface area (Å²) in [7, 11) is 0. The molecule has 0 saturated heterocycles. The number of nitrogens with zero attached hydrogens (tertiary/aromatic N) is 1. The molecule has 0 heterocycles. The number of anilines is 1. The molecule has 0 bridgehead atoms. The van der Waals surface area contributed by atoms with Crippen LogP contribution in [0.3, 0.4) is 0 Å². The fourth-order valence-corrected chi connectivity index (χ4v) is 2.21. The largest absolute Gasteiger partial charge is 0.398 e. The third kappa shape index (κ3) is 3.16. The molecule has 1 aromatic rings. The van der Waals surface area contributed by atoms with Crippen molar-refractivity contribution in [2.75, 3.05) is 18.8 Å². The molecule has 2 N–H and O–H groups in total. The first kappa shape index (κ1) is 13.2. The summed E-state index contributed by atoms with van der Waals surface area (Å²) in [6.45, 7) is 3.70. The number of carbonyl (C=O) groups is 1. The van der Waals surface area contributed by atoms with E-state index in [-0.39, 0.29) is 5.91 Å². The Morgan fingerprint density at radius 1 is 1.50 bits per heavy atom. The van der Waals surface area contributed by atoms with Crippen molar-refractivity contribution in [3.8, 4) is 0 Å². The van der Waals surface area contributed by atoms with Crippen LogP contribution in [0.5, 0.6) is 0 Å². The first-order valence-corrected chi connectivity index (χ1v) is 6.84. The second-order valence-electron chi connectivity index (χ2n) is 4.93. The Labute approximate surface area is 113 Å². The molecule has 0 aliphatic heterocycles. The Hall–Kier alpha value is -1.22. The summed E-state index contributed by atoms with van der Waals surface area (Å²) in [5.74, 6) is 0.685. The van der Waals surface area contributed by atoms with Crippen LogP contribution in [-0.2, 0) is 0 Å². The smallest absolute Gasteiger partial charge is 0.256 e. The molecule has 0 aromatic heterocycles. The van der Waals surface area contributed by atoms with Crippen LogP contribution in [0.1, 0.15) is 36.5 Å². The monoisotopic (exact) mass is 266 g/mol. The highest BCUT2D eigenvalue weighted by atomic mass is 35.5. The van der Waals surface area contributed by atoms with Gasteiger partial charge in [0.15, 0.2) is 0 Å². The molecule has 1 saturated carbocycles. The molecule has 1 amide bonds. The Kier molecular flexibility index (Phi) is 4.12. The molecule has 1 aliphatic carbocycles. The number of halogens is 1. The maximum atomic E-state index is 12.5. The van der Waals surface area contributed by atoms with Crippen molar-refractivity contribution in [2.45, 2.75) is 26.2 Å². The summed E-state index contributed by atoms with van der Waals surface area (Å²) in [4.78, 5) is 14.4. The lowest BCUT2D eigenvalue weighted by atomic mass is 10.1. The Morgan fingerprint density at radius 3 is 2.83 bits per heavy atom. The average Bonchev–Trinajstić information content (AvgIpc) is 3.15. The summed E-state index contributed by atoms with van der Waals surface area (Å²) < 4.78 is 0. The predicted molar refractivity (Wildman–Crippen MR) is 74.8 cm³/mol. The summed E-state index contributed by atoms with van der Waals surface area (Å²) in [6, 6.07) is 5.06. The topological polar surface area (TPSA) is 46.3 Å². The zero-order valence-electron chi connectivity index (χ0n) is 10.7. The van der Waals surface area contributed by atoms with Crippen LogP contribution in [0.15, 0.2) is 18.2 Å². The van der Waals surface area contributed by atoms with Crippen molar-refractivity contribution in [3.63, 3.8) is 0 Å². The normalized spacial score (nSPS) is 14.6. The number of amides is 1. The van der Waals surface area contributed by atoms with Crippen molar-refractivity contribution in [3.05, 3.63) is 28.8 Å². The first-order valence-electron chi connectivity index (χ1n) is 6.46. The number of benzene rings is 1. The Balaban J connectivity index is 2.17. The van der Waals surface area contributed by atoms with Crippen molar-refractivity contribution in [2.24, 2.45) is 5.92 Å². The van der Waals surface area contributed by atoms with Crippen molar-refractivity contribution in [1.29, 1.82) is 0 Å². The molecule has 98 valence electrons. The van der Waals surface area contributed by atoms with Gasteiger partial charge in [0, 0.05) is 23.8 Å². The van der Waals surface area contributed by atoms with Crippen LogP contribution in [0.4, 0.5) is 5.69 Å². The van der Waals surface area contributed by atoms with Crippen LogP contribution in [-0.4, -0.2) is 23.9 Å². The standard InChI is InChI=1S/C14H19ClN2O/c1-2-7-17(9-10-3-4-10)14(18)12-8-11(15)5-6-13(12)16/h5-6,8,10H,2-4,7,9,16H2,1H3. The van der Waals surface area contributed by atoms with Crippen molar-refractivity contribution >= 4 is 23.2 Å². The minimum absolute atomic E-state index is 0.00347. The predicted octanol–water partition coefficient (Wildman–Crippen LogP) is 3.18. The molecule has 0 unspecified atom stereocenters. The van der Waals surface area contributed by atoms with Gasteiger partial charge in [0.2, 0.25) is 0 Å². The van der Waals surface area contributed by atoms with E-state index < -0.39 is 0 Å². The average molecular weight is 267 g/mol. The lowest BCUT2D eigenvalue weighted by molar-refractivity contribution is 0.0749. The van der Waals surface area contributed by atoms with E-state index in [1.807, 2.05) is 4.90 Å².